The van der Waals surface area contributed by atoms with Crippen LogP contribution in [0.2, 0.25) is 0 Å². The van der Waals surface area contributed by atoms with E-state index in [1.54, 1.807) is 0 Å². The van der Waals surface area contributed by atoms with Crippen LogP contribution in [-0.4, -0.2) is 66.8 Å². The Labute approximate surface area is 218 Å². The fourth-order valence-corrected chi connectivity index (χ4v) is 6.57. The Morgan fingerprint density at radius 1 is 0.694 bits per heavy atom. The number of hydrogen-bond donors (Lipinski definition) is 2. The zero-order chi connectivity index (χ0) is 27.7. The predicted octanol–water partition coefficient (Wildman–Crippen LogP) is 5.87. The van der Waals surface area contributed by atoms with Gasteiger partial charge in [0.25, 0.3) is 0 Å². The molecule has 0 amide bonds. The second kappa shape index (κ2) is 10.9. The predicted molar refractivity (Wildman–Crippen MR) is 139 cm³/mol. The minimum atomic E-state index is -1.36. The SMILES string of the molecule is CCCCC(CCC)(C(=O)OC1CC(C)(C)N(O)C(C)(C)C1)C(=O)OC1CC(C)(C)N(O)C(C)(C)C1. The van der Waals surface area contributed by atoms with Crippen LogP contribution in [0.3, 0.4) is 0 Å². The van der Waals surface area contributed by atoms with Crippen molar-refractivity contribution in [2.24, 2.45) is 5.41 Å². The molecule has 0 radical (unpaired) electrons. The van der Waals surface area contributed by atoms with Gasteiger partial charge >= 0.3 is 11.9 Å². The summed E-state index contributed by atoms with van der Waals surface area (Å²) < 4.78 is 12.2. The van der Waals surface area contributed by atoms with Gasteiger partial charge in [0, 0.05) is 47.8 Å². The second-order valence-electron chi connectivity index (χ2n) is 13.7. The molecule has 2 rings (SSSR count). The Balaban J connectivity index is 2.32. The number of piperidine rings is 2. The zero-order valence-electron chi connectivity index (χ0n) is 24.4. The highest BCUT2D eigenvalue weighted by Crippen LogP contribution is 2.43. The highest BCUT2D eigenvalue weighted by molar-refractivity contribution is 6.00. The number of ether oxygens (including phenoxy) is 2. The molecule has 8 heteroatoms. The molecule has 0 aromatic heterocycles. The van der Waals surface area contributed by atoms with E-state index in [1.165, 1.54) is 10.1 Å². The summed E-state index contributed by atoms with van der Waals surface area (Å²) >= 11 is 0. The van der Waals surface area contributed by atoms with Gasteiger partial charge in [0.05, 0.1) is 0 Å². The van der Waals surface area contributed by atoms with Crippen LogP contribution < -0.4 is 0 Å². The van der Waals surface area contributed by atoms with Crippen LogP contribution >= 0.6 is 0 Å². The van der Waals surface area contributed by atoms with Gasteiger partial charge in [0.15, 0.2) is 5.41 Å². The molecule has 0 aliphatic carbocycles. The van der Waals surface area contributed by atoms with E-state index in [2.05, 4.69) is 0 Å². The maximum Gasteiger partial charge on any atom is 0.323 e. The summed E-state index contributed by atoms with van der Waals surface area (Å²) in [5, 5.41) is 24.0. The smallest absolute Gasteiger partial charge is 0.323 e. The lowest BCUT2D eigenvalue weighted by atomic mass is 9.77. The maximum absolute atomic E-state index is 13.9. The molecule has 2 fully saturated rings. The summed E-state index contributed by atoms with van der Waals surface area (Å²) in [7, 11) is 0. The van der Waals surface area contributed by atoms with E-state index in [-0.39, 0.29) is 0 Å². The molecule has 0 atom stereocenters. The first-order valence-electron chi connectivity index (χ1n) is 13.8. The minimum absolute atomic E-state index is 0.363. The average molecular weight is 513 g/mol. The third-order valence-electron chi connectivity index (χ3n) is 8.17. The summed E-state index contributed by atoms with van der Waals surface area (Å²) in [4.78, 5) is 27.8. The van der Waals surface area contributed by atoms with Crippen LogP contribution in [0.25, 0.3) is 0 Å². The Bertz CT molecular complexity index is 699. The molecule has 2 aliphatic heterocycles. The Hall–Kier alpha value is -1.22. The molecule has 0 unspecified atom stereocenters. The molecular formula is C28H52N2O6. The van der Waals surface area contributed by atoms with Crippen molar-refractivity contribution < 1.29 is 29.5 Å². The van der Waals surface area contributed by atoms with Crippen molar-refractivity contribution in [2.75, 3.05) is 0 Å². The van der Waals surface area contributed by atoms with E-state index in [1.807, 2.05) is 69.2 Å². The van der Waals surface area contributed by atoms with Gasteiger partial charge in [-0.25, -0.2) is 0 Å². The maximum atomic E-state index is 13.9. The van der Waals surface area contributed by atoms with Crippen LogP contribution in [0.4, 0.5) is 0 Å². The number of hydrogen-bond acceptors (Lipinski definition) is 8. The number of hydroxylamine groups is 4. The highest BCUT2D eigenvalue weighted by Gasteiger charge is 2.53. The van der Waals surface area contributed by atoms with Gasteiger partial charge in [-0.05, 0) is 68.2 Å². The Kier molecular flexibility index (Phi) is 9.36. The largest absolute Gasteiger partial charge is 0.461 e. The normalized spacial score (nSPS) is 24.9. The molecule has 2 heterocycles. The zero-order valence-corrected chi connectivity index (χ0v) is 24.4. The number of rotatable bonds is 9. The van der Waals surface area contributed by atoms with Gasteiger partial charge < -0.3 is 19.9 Å². The number of nitrogens with zero attached hydrogens (tertiary/aromatic N) is 2. The quantitative estimate of drug-likeness (QED) is 0.292. The number of unbranched alkanes of at least 4 members (excludes halogenated alkanes) is 1. The second-order valence-corrected chi connectivity index (χ2v) is 13.7. The van der Waals surface area contributed by atoms with Crippen molar-refractivity contribution in [1.82, 2.24) is 10.1 Å². The van der Waals surface area contributed by atoms with Crippen LogP contribution in [0, 0.1) is 5.41 Å². The van der Waals surface area contributed by atoms with Crippen molar-refractivity contribution in [3.63, 3.8) is 0 Å². The lowest BCUT2D eigenvalue weighted by molar-refractivity contribution is -0.263. The molecule has 36 heavy (non-hydrogen) atoms. The van der Waals surface area contributed by atoms with Crippen LogP contribution in [0.1, 0.15) is 127 Å². The van der Waals surface area contributed by atoms with Crippen LogP contribution in [0.15, 0.2) is 0 Å². The molecular weight excluding hydrogens is 460 g/mol. The molecule has 8 nitrogen and oxygen atoms in total. The highest BCUT2D eigenvalue weighted by atomic mass is 16.6. The van der Waals surface area contributed by atoms with E-state index in [9.17, 15) is 20.0 Å². The van der Waals surface area contributed by atoms with Crippen molar-refractivity contribution in [3.8, 4) is 0 Å². The van der Waals surface area contributed by atoms with Gasteiger partial charge in [-0.1, -0.05) is 33.1 Å². The van der Waals surface area contributed by atoms with E-state index >= 15 is 0 Å². The first-order chi connectivity index (χ1) is 16.3. The summed E-state index contributed by atoms with van der Waals surface area (Å²) in [6.07, 6.45) is 4.02. The number of carbonyl (C=O) groups excluding carboxylic acids is 2. The molecule has 210 valence electrons. The Morgan fingerprint density at radius 2 is 1.03 bits per heavy atom. The average Bonchev–Trinajstić information content (AvgIpc) is 2.72. The van der Waals surface area contributed by atoms with Crippen LogP contribution in [-0.2, 0) is 19.1 Å². The number of carbonyl (C=O) groups is 2. The molecule has 2 saturated heterocycles. The Morgan fingerprint density at radius 3 is 1.31 bits per heavy atom. The van der Waals surface area contributed by atoms with Crippen molar-refractivity contribution in [1.29, 1.82) is 0 Å². The van der Waals surface area contributed by atoms with Gasteiger partial charge in [0.2, 0.25) is 0 Å². The fraction of sp³-hybridized carbons (Fsp3) is 0.929. The molecule has 0 spiro atoms. The van der Waals surface area contributed by atoms with Gasteiger partial charge in [0.1, 0.15) is 12.2 Å². The molecule has 0 bridgehead atoms. The molecule has 0 aromatic rings. The lowest BCUT2D eigenvalue weighted by Crippen LogP contribution is -2.61. The van der Waals surface area contributed by atoms with Gasteiger partial charge in [-0.3, -0.25) is 9.59 Å². The van der Waals surface area contributed by atoms with Crippen molar-refractivity contribution in [3.05, 3.63) is 0 Å². The summed E-state index contributed by atoms with van der Waals surface area (Å²) in [5.74, 6) is -1.02. The topological polar surface area (TPSA) is 99.5 Å². The van der Waals surface area contributed by atoms with E-state index in [0.29, 0.717) is 51.4 Å². The lowest BCUT2D eigenvalue weighted by Gasteiger charge is -2.51. The third-order valence-corrected chi connectivity index (χ3v) is 8.17. The van der Waals surface area contributed by atoms with E-state index in [0.717, 1.165) is 6.42 Å². The monoisotopic (exact) mass is 512 g/mol. The summed E-state index contributed by atoms with van der Waals surface area (Å²) in [6.45, 7) is 19.4. The number of esters is 2. The first kappa shape index (κ1) is 31.0. The standard InChI is InChI=1S/C28H52N2O6/c1-11-13-15-28(14-12-2,22(31)35-20-16-24(3,4)29(33)25(5,6)17-20)23(32)36-21-18-26(7,8)30(34)27(9,10)19-21/h20-21,33-34H,11-19H2,1-10H3. The summed E-state index contributed by atoms with van der Waals surface area (Å²) in [5.41, 5.74) is -3.64. The van der Waals surface area contributed by atoms with Crippen LogP contribution in [0.5, 0.6) is 0 Å². The molecule has 2 N–H and O–H groups in total. The van der Waals surface area contributed by atoms with Crippen molar-refractivity contribution in [2.45, 2.75) is 161 Å². The molecule has 0 aromatic carbocycles. The van der Waals surface area contributed by atoms with E-state index in [4.69, 9.17) is 9.47 Å². The minimum Gasteiger partial charge on any atom is -0.461 e. The fourth-order valence-electron chi connectivity index (χ4n) is 6.57. The third kappa shape index (κ3) is 6.43. The van der Waals surface area contributed by atoms with Gasteiger partial charge in [-0.2, -0.15) is 10.1 Å². The molecule has 2 aliphatic rings. The summed E-state index contributed by atoms with van der Waals surface area (Å²) in [6, 6.07) is 0. The molecule has 0 saturated carbocycles. The van der Waals surface area contributed by atoms with E-state index < -0.39 is 51.7 Å². The first-order valence-corrected chi connectivity index (χ1v) is 13.8. The van der Waals surface area contributed by atoms with Gasteiger partial charge in [-0.15, -0.1) is 0 Å². The van der Waals surface area contributed by atoms with Crippen molar-refractivity contribution >= 4 is 11.9 Å².